The van der Waals surface area contributed by atoms with E-state index in [1.165, 1.54) is 25.7 Å². The van der Waals surface area contributed by atoms with Crippen molar-refractivity contribution in [3.05, 3.63) is 24.0 Å². The SMILES string of the molecule is COc1cccc2c1nc(C(C)Cl)n2CC1(C)CCCC1. The normalized spacial score (nSPS) is 19.0. The quantitative estimate of drug-likeness (QED) is 0.749. The van der Waals surface area contributed by atoms with Gasteiger partial charge in [-0.05, 0) is 37.3 Å². The molecule has 0 saturated heterocycles. The molecule has 4 heteroatoms. The summed E-state index contributed by atoms with van der Waals surface area (Å²) >= 11 is 6.38. The van der Waals surface area contributed by atoms with Crippen LogP contribution >= 0.6 is 11.6 Å². The fraction of sp³-hybridized carbons (Fsp3) is 0.588. The maximum Gasteiger partial charge on any atom is 0.146 e. The Balaban J connectivity index is 2.12. The number of hydrogen-bond donors (Lipinski definition) is 0. The van der Waals surface area contributed by atoms with Crippen molar-refractivity contribution >= 4 is 22.6 Å². The van der Waals surface area contributed by atoms with Gasteiger partial charge in [0.1, 0.15) is 17.1 Å². The topological polar surface area (TPSA) is 27.1 Å². The first-order valence-corrected chi connectivity index (χ1v) is 8.15. The van der Waals surface area contributed by atoms with Crippen molar-refractivity contribution in [2.45, 2.75) is 51.5 Å². The summed E-state index contributed by atoms with van der Waals surface area (Å²) in [7, 11) is 1.69. The van der Waals surface area contributed by atoms with Crippen LogP contribution in [0.4, 0.5) is 0 Å². The Morgan fingerprint density at radius 3 is 2.71 bits per heavy atom. The number of rotatable bonds is 4. The van der Waals surface area contributed by atoms with E-state index in [0.29, 0.717) is 5.41 Å². The van der Waals surface area contributed by atoms with Crippen LogP contribution in [0.2, 0.25) is 0 Å². The first kappa shape index (κ1) is 14.7. The summed E-state index contributed by atoms with van der Waals surface area (Å²) in [4.78, 5) is 4.76. The molecule has 1 fully saturated rings. The minimum Gasteiger partial charge on any atom is -0.494 e. The van der Waals surface area contributed by atoms with E-state index in [0.717, 1.165) is 29.2 Å². The molecule has 1 unspecified atom stereocenters. The van der Waals surface area contributed by atoms with Gasteiger partial charge in [-0.25, -0.2) is 4.98 Å². The van der Waals surface area contributed by atoms with E-state index in [4.69, 9.17) is 21.3 Å². The number of benzene rings is 1. The number of fused-ring (bicyclic) bond motifs is 1. The predicted octanol–water partition coefficient (Wildman–Crippen LogP) is 4.93. The predicted molar refractivity (Wildman–Crippen MR) is 87.1 cm³/mol. The number of aromatic nitrogens is 2. The van der Waals surface area contributed by atoms with Gasteiger partial charge in [-0.2, -0.15) is 0 Å². The zero-order chi connectivity index (χ0) is 15.0. The van der Waals surface area contributed by atoms with E-state index in [1.54, 1.807) is 7.11 Å². The molecule has 114 valence electrons. The monoisotopic (exact) mass is 306 g/mol. The standard InChI is InChI=1S/C17H23ClN2O/c1-12(18)16-19-15-13(7-6-8-14(15)21-3)20(16)11-17(2)9-4-5-10-17/h6-8,12H,4-5,9-11H2,1-3H3. The van der Waals surface area contributed by atoms with Crippen molar-refractivity contribution in [2.75, 3.05) is 7.11 Å². The fourth-order valence-electron chi connectivity index (χ4n) is 3.54. The molecule has 1 saturated carbocycles. The second-order valence-electron chi connectivity index (χ2n) is 6.52. The molecule has 3 nitrogen and oxygen atoms in total. The van der Waals surface area contributed by atoms with Gasteiger partial charge in [-0.3, -0.25) is 0 Å². The zero-order valence-corrected chi connectivity index (χ0v) is 13.8. The van der Waals surface area contributed by atoms with Gasteiger partial charge in [0.15, 0.2) is 0 Å². The Morgan fingerprint density at radius 1 is 1.38 bits per heavy atom. The van der Waals surface area contributed by atoms with Crippen molar-refractivity contribution in [1.82, 2.24) is 9.55 Å². The Kier molecular flexibility index (Phi) is 3.87. The highest BCUT2D eigenvalue weighted by Gasteiger charge is 2.31. The van der Waals surface area contributed by atoms with Gasteiger partial charge in [0, 0.05) is 6.54 Å². The van der Waals surface area contributed by atoms with E-state index < -0.39 is 0 Å². The van der Waals surface area contributed by atoms with Crippen molar-refractivity contribution in [3.63, 3.8) is 0 Å². The second kappa shape index (κ2) is 5.53. The maximum atomic E-state index is 6.38. The zero-order valence-electron chi connectivity index (χ0n) is 13.0. The van der Waals surface area contributed by atoms with E-state index in [-0.39, 0.29) is 5.38 Å². The molecular weight excluding hydrogens is 284 g/mol. The largest absolute Gasteiger partial charge is 0.494 e. The molecule has 2 aromatic rings. The molecule has 0 spiro atoms. The van der Waals surface area contributed by atoms with Crippen LogP contribution in [0, 0.1) is 5.41 Å². The van der Waals surface area contributed by atoms with Crippen LogP contribution in [0.3, 0.4) is 0 Å². The molecule has 3 rings (SSSR count). The molecule has 0 radical (unpaired) electrons. The second-order valence-corrected chi connectivity index (χ2v) is 7.17. The molecule has 1 aromatic carbocycles. The number of imidazole rings is 1. The lowest BCUT2D eigenvalue weighted by Gasteiger charge is -2.26. The highest BCUT2D eigenvalue weighted by molar-refractivity contribution is 6.20. The number of alkyl halides is 1. The van der Waals surface area contributed by atoms with E-state index in [1.807, 2.05) is 19.1 Å². The first-order valence-electron chi connectivity index (χ1n) is 7.71. The molecule has 1 aliphatic rings. The Hall–Kier alpha value is -1.22. The third kappa shape index (κ3) is 2.64. The number of hydrogen-bond acceptors (Lipinski definition) is 2. The highest BCUT2D eigenvalue weighted by Crippen LogP contribution is 2.41. The molecule has 1 aliphatic carbocycles. The van der Waals surface area contributed by atoms with Crippen LogP contribution in [0.5, 0.6) is 5.75 Å². The molecule has 1 aromatic heterocycles. The molecule has 0 aliphatic heterocycles. The summed E-state index contributed by atoms with van der Waals surface area (Å²) in [6.07, 6.45) is 5.23. The van der Waals surface area contributed by atoms with Gasteiger partial charge in [0.05, 0.1) is 18.0 Å². The maximum absolute atomic E-state index is 6.38. The smallest absolute Gasteiger partial charge is 0.146 e. The van der Waals surface area contributed by atoms with Gasteiger partial charge < -0.3 is 9.30 Å². The average molecular weight is 307 g/mol. The first-order chi connectivity index (χ1) is 10.0. The van der Waals surface area contributed by atoms with E-state index in [2.05, 4.69) is 17.6 Å². The summed E-state index contributed by atoms with van der Waals surface area (Å²) in [5.41, 5.74) is 2.41. The van der Waals surface area contributed by atoms with Crippen LogP contribution in [0.25, 0.3) is 11.0 Å². The number of ether oxygens (including phenoxy) is 1. The lowest BCUT2D eigenvalue weighted by molar-refractivity contribution is 0.281. The third-order valence-corrected chi connectivity index (χ3v) is 4.89. The molecule has 1 atom stereocenters. The summed E-state index contributed by atoms with van der Waals surface area (Å²) in [6.45, 7) is 5.36. The summed E-state index contributed by atoms with van der Waals surface area (Å²) < 4.78 is 7.76. The third-order valence-electron chi connectivity index (χ3n) is 4.70. The summed E-state index contributed by atoms with van der Waals surface area (Å²) in [5.74, 6) is 1.77. The number of halogens is 1. The molecule has 0 amide bonds. The molecule has 0 bridgehead atoms. The van der Waals surface area contributed by atoms with Crippen LogP contribution in [0.1, 0.15) is 50.7 Å². The lowest BCUT2D eigenvalue weighted by Crippen LogP contribution is -2.21. The molecule has 0 N–H and O–H groups in total. The molecule has 21 heavy (non-hydrogen) atoms. The van der Waals surface area contributed by atoms with Crippen LogP contribution < -0.4 is 4.74 Å². The highest BCUT2D eigenvalue weighted by atomic mass is 35.5. The van der Waals surface area contributed by atoms with Crippen molar-refractivity contribution < 1.29 is 4.74 Å². The Morgan fingerprint density at radius 2 is 2.10 bits per heavy atom. The number of nitrogens with zero attached hydrogens (tertiary/aromatic N) is 2. The van der Waals surface area contributed by atoms with Gasteiger partial charge in [-0.1, -0.05) is 25.8 Å². The van der Waals surface area contributed by atoms with Crippen LogP contribution in [-0.4, -0.2) is 16.7 Å². The van der Waals surface area contributed by atoms with Gasteiger partial charge in [0.25, 0.3) is 0 Å². The Labute approximate surface area is 131 Å². The summed E-state index contributed by atoms with van der Waals surface area (Å²) in [5, 5.41) is -0.105. The minimum absolute atomic E-state index is 0.105. The van der Waals surface area contributed by atoms with Gasteiger partial charge in [-0.15, -0.1) is 11.6 Å². The van der Waals surface area contributed by atoms with Gasteiger partial charge >= 0.3 is 0 Å². The van der Waals surface area contributed by atoms with Crippen molar-refractivity contribution in [3.8, 4) is 5.75 Å². The van der Waals surface area contributed by atoms with Crippen molar-refractivity contribution in [1.29, 1.82) is 0 Å². The van der Waals surface area contributed by atoms with Crippen LogP contribution in [0.15, 0.2) is 18.2 Å². The van der Waals surface area contributed by atoms with Crippen LogP contribution in [-0.2, 0) is 6.54 Å². The molecular formula is C17H23ClN2O. The summed E-state index contributed by atoms with van der Waals surface area (Å²) in [6, 6.07) is 6.10. The number of para-hydroxylation sites is 1. The van der Waals surface area contributed by atoms with E-state index >= 15 is 0 Å². The van der Waals surface area contributed by atoms with Gasteiger partial charge in [0.2, 0.25) is 0 Å². The Bertz CT molecular complexity index is 642. The molecule has 1 heterocycles. The van der Waals surface area contributed by atoms with Crippen molar-refractivity contribution in [2.24, 2.45) is 5.41 Å². The fourth-order valence-corrected chi connectivity index (χ4v) is 3.71. The minimum atomic E-state index is -0.105. The number of methoxy groups -OCH3 is 1. The van der Waals surface area contributed by atoms with E-state index in [9.17, 15) is 0 Å². The lowest BCUT2D eigenvalue weighted by atomic mass is 9.88. The average Bonchev–Trinajstić information content (AvgIpc) is 3.04.